The van der Waals surface area contributed by atoms with Gasteiger partial charge in [-0.1, -0.05) is 13.3 Å². The maximum absolute atomic E-state index is 5.58. The van der Waals surface area contributed by atoms with E-state index >= 15 is 0 Å². The van der Waals surface area contributed by atoms with Crippen LogP contribution in [0.25, 0.3) is 0 Å². The molecule has 1 fully saturated rings. The summed E-state index contributed by atoms with van der Waals surface area (Å²) >= 11 is 0. The number of hydrogen-bond donors (Lipinski definition) is 2. The molecule has 0 spiro atoms. The van der Waals surface area contributed by atoms with Gasteiger partial charge in [0.15, 0.2) is 0 Å². The standard InChI is InChI=1S/C14H26N6O/c1-4-11-6-5-8-20(9-7-11)13-16-12(19-15)17-14(18-13)21-10(2)3/h10-11H,4-9,15H2,1-3H3,(H,16,17,18,19). The molecule has 1 saturated heterocycles. The minimum absolute atomic E-state index is 0.0134. The summed E-state index contributed by atoms with van der Waals surface area (Å²) in [6, 6.07) is 0.319. The Bertz CT molecular complexity index is 453. The molecule has 0 amide bonds. The Morgan fingerprint density at radius 3 is 2.76 bits per heavy atom. The molecule has 0 bridgehead atoms. The first-order chi connectivity index (χ1) is 10.1. The van der Waals surface area contributed by atoms with Crippen molar-refractivity contribution in [2.75, 3.05) is 23.4 Å². The average Bonchev–Trinajstić information content (AvgIpc) is 2.71. The lowest BCUT2D eigenvalue weighted by molar-refractivity contribution is 0.222. The monoisotopic (exact) mass is 294 g/mol. The molecule has 0 aliphatic carbocycles. The summed E-state index contributed by atoms with van der Waals surface area (Å²) in [5.41, 5.74) is 2.49. The molecule has 1 aliphatic heterocycles. The zero-order chi connectivity index (χ0) is 15.2. The van der Waals surface area contributed by atoms with Crippen molar-refractivity contribution in [3.05, 3.63) is 0 Å². The predicted octanol–water partition coefficient (Wildman–Crippen LogP) is 1.96. The van der Waals surface area contributed by atoms with Crippen LogP contribution in [0.4, 0.5) is 11.9 Å². The number of hydrogen-bond acceptors (Lipinski definition) is 7. The minimum Gasteiger partial charge on any atom is -0.461 e. The normalized spacial score (nSPS) is 19.5. The number of anilines is 2. The van der Waals surface area contributed by atoms with Gasteiger partial charge < -0.3 is 9.64 Å². The predicted molar refractivity (Wildman–Crippen MR) is 83.2 cm³/mol. The van der Waals surface area contributed by atoms with Crippen LogP contribution < -0.4 is 20.9 Å². The third kappa shape index (κ3) is 4.42. The number of aromatic nitrogens is 3. The second-order valence-electron chi connectivity index (χ2n) is 5.74. The molecule has 3 N–H and O–H groups in total. The highest BCUT2D eigenvalue weighted by molar-refractivity contribution is 5.37. The van der Waals surface area contributed by atoms with Crippen LogP contribution in [0.1, 0.15) is 46.5 Å². The highest BCUT2D eigenvalue weighted by atomic mass is 16.5. The molecule has 2 heterocycles. The molecule has 0 saturated carbocycles. The summed E-state index contributed by atoms with van der Waals surface area (Å²) in [6.07, 6.45) is 4.86. The van der Waals surface area contributed by atoms with Crippen LogP contribution in [0.5, 0.6) is 6.01 Å². The Hall–Kier alpha value is -1.63. The maximum Gasteiger partial charge on any atom is 0.323 e. The molecule has 1 aromatic rings. The van der Waals surface area contributed by atoms with E-state index < -0.39 is 0 Å². The number of nitrogens with one attached hydrogen (secondary N) is 1. The van der Waals surface area contributed by atoms with E-state index in [1.807, 2.05) is 13.8 Å². The molecule has 7 heteroatoms. The van der Waals surface area contributed by atoms with E-state index in [0.717, 1.165) is 25.4 Å². The minimum atomic E-state index is 0.0134. The number of nitrogen functional groups attached to an aromatic ring is 1. The van der Waals surface area contributed by atoms with Crippen LogP contribution in [0, 0.1) is 5.92 Å². The number of rotatable bonds is 5. The molecule has 1 unspecified atom stereocenters. The molecule has 21 heavy (non-hydrogen) atoms. The molecular formula is C14H26N6O. The molecule has 2 rings (SSSR count). The average molecular weight is 294 g/mol. The summed E-state index contributed by atoms with van der Waals surface area (Å²) in [4.78, 5) is 15.1. The van der Waals surface area contributed by atoms with Crippen molar-refractivity contribution in [3.8, 4) is 6.01 Å². The van der Waals surface area contributed by atoms with Gasteiger partial charge >= 0.3 is 6.01 Å². The number of nitrogens with two attached hydrogens (primary N) is 1. The van der Waals surface area contributed by atoms with Gasteiger partial charge in [-0.05, 0) is 39.0 Å². The van der Waals surface area contributed by atoms with Gasteiger partial charge in [0.25, 0.3) is 0 Å². The first-order valence-electron chi connectivity index (χ1n) is 7.76. The first kappa shape index (κ1) is 15.8. The lowest BCUT2D eigenvalue weighted by Crippen LogP contribution is -2.27. The fraction of sp³-hybridized carbons (Fsp3) is 0.786. The Kier molecular flexibility index (Phi) is 5.55. The van der Waals surface area contributed by atoms with Crippen molar-refractivity contribution in [1.29, 1.82) is 0 Å². The zero-order valence-electron chi connectivity index (χ0n) is 13.2. The Morgan fingerprint density at radius 2 is 2.10 bits per heavy atom. The van der Waals surface area contributed by atoms with Gasteiger partial charge in [0.05, 0.1) is 6.10 Å². The van der Waals surface area contributed by atoms with Crippen LogP contribution in [0.2, 0.25) is 0 Å². The van der Waals surface area contributed by atoms with Gasteiger partial charge in [-0.3, -0.25) is 5.43 Å². The summed E-state index contributed by atoms with van der Waals surface area (Å²) in [5.74, 6) is 7.23. The first-order valence-corrected chi connectivity index (χ1v) is 7.76. The Morgan fingerprint density at radius 1 is 1.29 bits per heavy atom. The Balaban J connectivity index is 2.17. The highest BCUT2D eigenvalue weighted by Gasteiger charge is 2.19. The number of ether oxygens (including phenoxy) is 1. The fourth-order valence-corrected chi connectivity index (χ4v) is 2.59. The molecule has 1 atom stereocenters. The summed E-state index contributed by atoms with van der Waals surface area (Å²) in [5, 5.41) is 0. The highest BCUT2D eigenvalue weighted by Crippen LogP contribution is 2.24. The lowest BCUT2D eigenvalue weighted by Gasteiger charge is -2.21. The van der Waals surface area contributed by atoms with E-state index in [4.69, 9.17) is 10.6 Å². The molecule has 118 valence electrons. The number of nitrogens with zero attached hydrogens (tertiary/aromatic N) is 4. The van der Waals surface area contributed by atoms with E-state index in [2.05, 4.69) is 32.2 Å². The van der Waals surface area contributed by atoms with Gasteiger partial charge in [-0.25, -0.2) is 5.84 Å². The molecule has 1 aromatic heterocycles. The van der Waals surface area contributed by atoms with Crippen LogP contribution in [-0.4, -0.2) is 34.1 Å². The van der Waals surface area contributed by atoms with Gasteiger partial charge in [0.1, 0.15) is 0 Å². The van der Waals surface area contributed by atoms with Crippen LogP contribution >= 0.6 is 0 Å². The molecule has 7 nitrogen and oxygen atoms in total. The van der Waals surface area contributed by atoms with E-state index in [0.29, 0.717) is 17.9 Å². The lowest BCUT2D eigenvalue weighted by atomic mass is 9.98. The number of hydrazine groups is 1. The third-order valence-corrected chi connectivity index (χ3v) is 3.78. The molecule has 1 aliphatic rings. The SMILES string of the molecule is CCC1CCCN(c2nc(NN)nc(OC(C)C)n2)CC1. The van der Waals surface area contributed by atoms with Crippen molar-refractivity contribution >= 4 is 11.9 Å². The quantitative estimate of drug-likeness (QED) is 0.633. The van der Waals surface area contributed by atoms with Gasteiger partial charge in [-0.2, -0.15) is 15.0 Å². The zero-order valence-corrected chi connectivity index (χ0v) is 13.2. The second kappa shape index (κ2) is 7.40. The van der Waals surface area contributed by atoms with E-state index in [1.165, 1.54) is 19.3 Å². The van der Waals surface area contributed by atoms with E-state index in [-0.39, 0.29) is 6.10 Å². The topological polar surface area (TPSA) is 89.2 Å². The van der Waals surface area contributed by atoms with Crippen molar-refractivity contribution < 1.29 is 4.74 Å². The summed E-state index contributed by atoms with van der Waals surface area (Å²) in [7, 11) is 0. The fourth-order valence-electron chi connectivity index (χ4n) is 2.59. The van der Waals surface area contributed by atoms with Crippen molar-refractivity contribution in [2.24, 2.45) is 11.8 Å². The molecule has 0 aromatic carbocycles. The third-order valence-electron chi connectivity index (χ3n) is 3.78. The van der Waals surface area contributed by atoms with Crippen LogP contribution in [0.3, 0.4) is 0 Å². The smallest absolute Gasteiger partial charge is 0.323 e. The van der Waals surface area contributed by atoms with Crippen molar-refractivity contribution in [2.45, 2.75) is 52.6 Å². The molecule has 0 radical (unpaired) electrons. The van der Waals surface area contributed by atoms with Crippen LogP contribution in [0.15, 0.2) is 0 Å². The van der Waals surface area contributed by atoms with E-state index in [9.17, 15) is 0 Å². The van der Waals surface area contributed by atoms with Crippen molar-refractivity contribution in [1.82, 2.24) is 15.0 Å². The second-order valence-corrected chi connectivity index (χ2v) is 5.74. The van der Waals surface area contributed by atoms with Crippen molar-refractivity contribution in [3.63, 3.8) is 0 Å². The maximum atomic E-state index is 5.58. The van der Waals surface area contributed by atoms with Gasteiger partial charge in [0.2, 0.25) is 11.9 Å². The van der Waals surface area contributed by atoms with E-state index in [1.54, 1.807) is 0 Å². The summed E-state index contributed by atoms with van der Waals surface area (Å²) < 4.78 is 5.58. The summed E-state index contributed by atoms with van der Waals surface area (Å²) in [6.45, 7) is 8.07. The largest absolute Gasteiger partial charge is 0.461 e. The van der Waals surface area contributed by atoms with Gasteiger partial charge in [-0.15, -0.1) is 0 Å². The van der Waals surface area contributed by atoms with Crippen LogP contribution in [-0.2, 0) is 0 Å². The van der Waals surface area contributed by atoms with Gasteiger partial charge in [0, 0.05) is 13.1 Å². The Labute approximate surface area is 126 Å². The molecular weight excluding hydrogens is 268 g/mol.